The number of aromatic nitrogens is 1. The Bertz CT molecular complexity index is 534. The minimum Gasteiger partial charge on any atom is -0.475 e. The van der Waals surface area contributed by atoms with Gasteiger partial charge in [0.1, 0.15) is 6.61 Å². The highest BCUT2D eigenvalue weighted by molar-refractivity contribution is 5.83. The number of amides is 1. The number of aryl methyl sites for hydroxylation is 1. The Morgan fingerprint density at radius 3 is 2.86 bits per heavy atom. The van der Waals surface area contributed by atoms with E-state index in [0.29, 0.717) is 24.3 Å². The van der Waals surface area contributed by atoms with Crippen LogP contribution in [0.15, 0.2) is 18.3 Å². The van der Waals surface area contributed by atoms with Crippen LogP contribution in [0, 0.1) is 24.7 Å². The zero-order valence-corrected chi connectivity index (χ0v) is 12.8. The molecule has 3 atom stereocenters. The molecule has 5 heteroatoms. The van der Waals surface area contributed by atoms with Gasteiger partial charge < -0.3 is 15.4 Å². The minimum atomic E-state index is -0.397. The van der Waals surface area contributed by atoms with E-state index in [2.05, 4.69) is 15.6 Å². The molecule has 0 unspecified atom stereocenters. The summed E-state index contributed by atoms with van der Waals surface area (Å²) >= 11 is 0. The van der Waals surface area contributed by atoms with Crippen molar-refractivity contribution in [3.8, 4) is 5.88 Å². The number of hydrogen-bond donors (Lipinski definition) is 2. The molecule has 21 heavy (non-hydrogen) atoms. The Balaban J connectivity index is 1.52. The molecular formula is C16H23N3O2. The van der Waals surface area contributed by atoms with Crippen LogP contribution in [-0.2, 0) is 4.79 Å². The summed E-state index contributed by atoms with van der Waals surface area (Å²) in [5.41, 5.74) is 0.605. The van der Waals surface area contributed by atoms with Crippen LogP contribution in [0.3, 0.4) is 0 Å². The molecule has 3 rings (SSSR count). The highest BCUT2D eigenvalue weighted by atomic mass is 16.5. The highest BCUT2D eigenvalue weighted by Crippen LogP contribution is 2.48. The number of carbonyl (C=O) groups is 1. The molecule has 1 aromatic heterocycles. The van der Waals surface area contributed by atoms with E-state index in [1.54, 1.807) is 6.20 Å². The van der Waals surface area contributed by atoms with Crippen molar-refractivity contribution in [3.63, 3.8) is 0 Å². The standard InChI is InChI=1S/C16H23N3O2/c1-10-5-4-6-18-15(10)21-9-16(2,3)19-14(20)13-11-7-17-8-12(11)13/h4-6,11-13,17H,7-9H2,1-3H3,(H,19,20)/t11-,12+,13-. The topological polar surface area (TPSA) is 63.2 Å². The van der Waals surface area contributed by atoms with Crippen molar-refractivity contribution < 1.29 is 9.53 Å². The molecule has 1 aliphatic carbocycles. The lowest BCUT2D eigenvalue weighted by atomic mass is 10.1. The molecule has 1 aromatic rings. The summed E-state index contributed by atoms with van der Waals surface area (Å²) in [5.74, 6) is 2.08. The van der Waals surface area contributed by atoms with E-state index in [0.717, 1.165) is 18.7 Å². The molecular weight excluding hydrogens is 266 g/mol. The summed E-state index contributed by atoms with van der Waals surface area (Å²) in [6, 6.07) is 3.85. The third kappa shape index (κ3) is 3.02. The van der Waals surface area contributed by atoms with Crippen molar-refractivity contribution in [2.45, 2.75) is 26.3 Å². The number of hydrogen-bond acceptors (Lipinski definition) is 4. The van der Waals surface area contributed by atoms with Crippen LogP contribution < -0.4 is 15.4 Å². The molecule has 1 saturated carbocycles. The maximum absolute atomic E-state index is 12.3. The first-order valence-electron chi connectivity index (χ1n) is 7.55. The molecule has 2 N–H and O–H groups in total. The zero-order valence-electron chi connectivity index (χ0n) is 12.8. The van der Waals surface area contributed by atoms with Gasteiger partial charge in [-0.15, -0.1) is 0 Å². The van der Waals surface area contributed by atoms with Gasteiger partial charge in [-0.1, -0.05) is 6.07 Å². The molecule has 0 aromatic carbocycles. The zero-order chi connectivity index (χ0) is 15.0. The molecule has 114 valence electrons. The summed E-state index contributed by atoms with van der Waals surface area (Å²) in [7, 11) is 0. The highest BCUT2D eigenvalue weighted by Gasteiger charge is 2.57. The number of pyridine rings is 1. The quantitative estimate of drug-likeness (QED) is 0.853. The average Bonchev–Trinajstić information content (AvgIpc) is 2.92. The van der Waals surface area contributed by atoms with Crippen LogP contribution >= 0.6 is 0 Å². The van der Waals surface area contributed by atoms with Crippen LogP contribution in [0.2, 0.25) is 0 Å². The van der Waals surface area contributed by atoms with E-state index in [1.807, 2.05) is 32.9 Å². The Morgan fingerprint density at radius 1 is 1.48 bits per heavy atom. The second-order valence-electron chi connectivity index (χ2n) is 6.80. The fourth-order valence-electron chi connectivity index (χ4n) is 3.13. The van der Waals surface area contributed by atoms with Gasteiger partial charge in [-0.05, 0) is 51.8 Å². The molecule has 0 radical (unpaired) electrons. The molecule has 1 saturated heterocycles. The monoisotopic (exact) mass is 289 g/mol. The first-order chi connectivity index (χ1) is 9.98. The lowest BCUT2D eigenvalue weighted by Crippen LogP contribution is -2.49. The maximum atomic E-state index is 12.3. The maximum Gasteiger partial charge on any atom is 0.224 e. The summed E-state index contributed by atoms with van der Waals surface area (Å²) in [4.78, 5) is 16.5. The number of carbonyl (C=O) groups excluding carboxylic acids is 1. The van der Waals surface area contributed by atoms with Crippen LogP contribution in [0.5, 0.6) is 5.88 Å². The van der Waals surface area contributed by atoms with Gasteiger partial charge in [0.25, 0.3) is 0 Å². The Hall–Kier alpha value is -1.62. The van der Waals surface area contributed by atoms with E-state index in [-0.39, 0.29) is 11.8 Å². The van der Waals surface area contributed by atoms with Crippen molar-refractivity contribution in [2.75, 3.05) is 19.7 Å². The Morgan fingerprint density at radius 2 is 2.19 bits per heavy atom. The van der Waals surface area contributed by atoms with Crippen molar-refractivity contribution in [1.82, 2.24) is 15.6 Å². The van der Waals surface area contributed by atoms with Crippen LogP contribution in [0.25, 0.3) is 0 Å². The van der Waals surface area contributed by atoms with Crippen molar-refractivity contribution >= 4 is 5.91 Å². The molecule has 1 amide bonds. The van der Waals surface area contributed by atoms with Gasteiger partial charge in [0, 0.05) is 17.7 Å². The van der Waals surface area contributed by atoms with Crippen molar-refractivity contribution in [1.29, 1.82) is 0 Å². The number of piperidine rings is 1. The van der Waals surface area contributed by atoms with Crippen molar-refractivity contribution in [2.24, 2.45) is 17.8 Å². The predicted molar refractivity (Wildman–Crippen MR) is 80.0 cm³/mol. The number of nitrogens with one attached hydrogen (secondary N) is 2. The SMILES string of the molecule is Cc1cccnc1OCC(C)(C)NC(=O)[C@@H]1[C@@H]2CNC[C@@H]21. The largest absolute Gasteiger partial charge is 0.475 e. The lowest BCUT2D eigenvalue weighted by molar-refractivity contribution is -0.125. The number of ether oxygens (including phenoxy) is 1. The van der Waals surface area contributed by atoms with Gasteiger partial charge in [-0.3, -0.25) is 4.79 Å². The predicted octanol–water partition coefficient (Wildman–Crippen LogP) is 1.13. The van der Waals surface area contributed by atoms with Gasteiger partial charge in [0.2, 0.25) is 11.8 Å². The van der Waals surface area contributed by atoms with Gasteiger partial charge >= 0.3 is 0 Å². The second-order valence-corrected chi connectivity index (χ2v) is 6.80. The fraction of sp³-hybridized carbons (Fsp3) is 0.625. The van der Waals surface area contributed by atoms with Crippen LogP contribution in [-0.4, -0.2) is 36.1 Å². The van der Waals surface area contributed by atoms with Gasteiger partial charge in [0.05, 0.1) is 5.54 Å². The molecule has 0 bridgehead atoms. The van der Waals surface area contributed by atoms with Crippen molar-refractivity contribution in [3.05, 3.63) is 23.9 Å². The Labute approximate surface area is 125 Å². The molecule has 5 nitrogen and oxygen atoms in total. The number of fused-ring (bicyclic) bond motifs is 1. The van der Waals surface area contributed by atoms with Gasteiger partial charge in [-0.2, -0.15) is 0 Å². The van der Waals surface area contributed by atoms with E-state index in [1.165, 1.54) is 0 Å². The fourth-order valence-corrected chi connectivity index (χ4v) is 3.13. The first-order valence-corrected chi connectivity index (χ1v) is 7.55. The third-order valence-corrected chi connectivity index (χ3v) is 4.39. The summed E-state index contributed by atoms with van der Waals surface area (Å²) in [6.07, 6.45) is 1.71. The summed E-state index contributed by atoms with van der Waals surface area (Å²) in [5, 5.41) is 6.43. The summed E-state index contributed by atoms with van der Waals surface area (Å²) in [6.45, 7) is 8.31. The third-order valence-electron chi connectivity index (χ3n) is 4.39. The van der Waals surface area contributed by atoms with Crippen LogP contribution in [0.1, 0.15) is 19.4 Å². The van der Waals surface area contributed by atoms with E-state index in [9.17, 15) is 4.79 Å². The second kappa shape index (κ2) is 5.30. The molecule has 0 spiro atoms. The number of rotatable bonds is 5. The van der Waals surface area contributed by atoms with E-state index >= 15 is 0 Å². The first kappa shape index (κ1) is 14.3. The molecule has 2 fully saturated rings. The van der Waals surface area contributed by atoms with E-state index in [4.69, 9.17) is 4.74 Å². The molecule has 2 aliphatic rings. The lowest BCUT2D eigenvalue weighted by Gasteiger charge is -2.26. The molecule has 2 heterocycles. The van der Waals surface area contributed by atoms with Gasteiger partial charge in [-0.25, -0.2) is 4.98 Å². The average molecular weight is 289 g/mol. The van der Waals surface area contributed by atoms with Gasteiger partial charge in [0.15, 0.2) is 0 Å². The molecule has 1 aliphatic heterocycles. The Kier molecular flexibility index (Phi) is 3.61. The normalized spacial score (nSPS) is 27.1. The number of nitrogens with zero attached hydrogens (tertiary/aromatic N) is 1. The minimum absolute atomic E-state index is 0.165. The van der Waals surface area contributed by atoms with Crippen LogP contribution in [0.4, 0.5) is 0 Å². The van der Waals surface area contributed by atoms with E-state index < -0.39 is 5.54 Å². The summed E-state index contributed by atoms with van der Waals surface area (Å²) < 4.78 is 5.76. The smallest absolute Gasteiger partial charge is 0.224 e.